The number of ether oxygens (including phenoxy) is 2. The third-order valence-corrected chi connectivity index (χ3v) is 1.24. The van der Waals surface area contributed by atoms with Gasteiger partial charge in [-0.1, -0.05) is 6.58 Å². The Morgan fingerprint density at radius 2 is 1.80 bits per heavy atom. The summed E-state index contributed by atoms with van der Waals surface area (Å²) in [5.74, 6) is -1.13. The summed E-state index contributed by atoms with van der Waals surface area (Å²) in [5, 5.41) is 0. The van der Waals surface area contributed by atoms with Crippen LogP contribution in [0.25, 0.3) is 0 Å². The van der Waals surface area contributed by atoms with Gasteiger partial charge < -0.3 is 9.47 Å². The van der Waals surface area contributed by atoms with Gasteiger partial charge in [-0.2, -0.15) is 0 Å². The first-order valence-electron chi connectivity index (χ1n) is 4.49. The van der Waals surface area contributed by atoms with Crippen molar-refractivity contribution in [3.63, 3.8) is 0 Å². The Hall–Kier alpha value is -1.58. The van der Waals surface area contributed by atoms with Gasteiger partial charge in [0.2, 0.25) is 0 Å². The van der Waals surface area contributed by atoms with Crippen LogP contribution in [-0.4, -0.2) is 17.5 Å². The molecule has 0 aromatic rings. The van der Waals surface area contributed by atoms with Crippen molar-refractivity contribution in [1.29, 1.82) is 0 Å². The molecule has 0 rings (SSSR count). The quantitative estimate of drug-likeness (QED) is 0.407. The van der Waals surface area contributed by atoms with Crippen LogP contribution >= 0.6 is 0 Å². The van der Waals surface area contributed by atoms with Crippen molar-refractivity contribution in [2.24, 2.45) is 0 Å². The second kappa shape index (κ2) is 5.34. The van der Waals surface area contributed by atoms with Gasteiger partial charge in [-0.15, -0.1) is 0 Å². The highest BCUT2D eigenvalue weighted by atomic mass is 16.6. The molecule has 0 saturated carbocycles. The predicted molar refractivity (Wildman–Crippen MR) is 55.9 cm³/mol. The molecule has 0 N–H and O–H groups in total. The van der Waals surface area contributed by atoms with E-state index in [9.17, 15) is 9.59 Å². The standard InChI is InChI=1S/C11H16O4/c1-6-9(12)14-7-8(2)10(13)15-11(3,4)5/h6-7H,1H2,2-5H3/b8-7+. The van der Waals surface area contributed by atoms with E-state index in [1.165, 1.54) is 6.92 Å². The number of hydrogen-bond donors (Lipinski definition) is 0. The third kappa shape index (κ3) is 6.49. The van der Waals surface area contributed by atoms with Crippen molar-refractivity contribution in [3.05, 3.63) is 24.5 Å². The smallest absolute Gasteiger partial charge is 0.337 e. The topological polar surface area (TPSA) is 52.6 Å². The fraction of sp³-hybridized carbons (Fsp3) is 0.455. The van der Waals surface area contributed by atoms with Crippen LogP contribution in [0.15, 0.2) is 24.5 Å². The van der Waals surface area contributed by atoms with Gasteiger partial charge in [-0.25, -0.2) is 9.59 Å². The minimum atomic E-state index is -0.613. The molecule has 0 aliphatic rings. The van der Waals surface area contributed by atoms with Crippen LogP contribution in [0.5, 0.6) is 0 Å². The van der Waals surface area contributed by atoms with Gasteiger partial charge in [-0.3, -0.25) is 0 Å². The zero-order valence-electron chi connectivity index (χ0n) is 9.49. The molecule has 0 aliphatic carbocycles. The normalized spacial score (nSPS) is 11.9. The molecule has 0 aliphatic heterocycles. The molecule has 0 aromatic carbocycles. The van der Waals surface area contributed by atoms with Gasteiger partial charge in [0.25, 0.3) is 0 Å². The number of hydrogen-bond acceptors (Lipinski definition) is 4. The zero-order chi connectivity index (χ0) is 12.1. The fourth-order valence-electron chi connectivity index (χ4n) is 0.601. The third-order valence-electron chi connectivity index (χ3n) is 1.24. The lowest BCUT2D eigenvalue weighted by Gasteiger charge is -2.19. The van der Waals surface area contributed by atoms with Gasteiger partial charge in [-0.05, 0) is 27.7 Å². The minimum Gasteiger partial charge on any atom is -0.457 e. The van der Waals surface area contributed by atoms with Crippen LogP contribution in [0.3, 0.4) is 0 Å². The Bertz CT molecular complexity index is 294. The maximum atomic E-state index is 11.4. The van der Waals surface area contributed by atoms with Crippen molar-refractivity contribution in [2.45, 2.75) is 33.3 Å². The lowest BCUT2D eigenvalue weighted by molar-refractivity contribution is -0.150. The van der Waals surface area contributed by atoms with Crippen molar-refractivity contribution in [3.8, 4) is 0 Å². The molecule has 84 valence electrons. The van der Waals surface area contributed by atoms with Crippen LogP contribution in [0, 0.1) is 0 Å². The van der Waals surface area contributed by atoms with E-state index >= 15 is 0 Å². The maximum Gasteiger partial charge on any atom is 0.337 e. The summed E-state index contributed by atoms with van der Waals surface area (Å²) < 4.78 is 9.61. The summed E-state index contributed by atoms with van der Waals surface area (Å²) >= 11 is 0. The van der Waals surface area contributed by atoms with Gasteiger partial charge >= 0.3 is 11.9 Å². The largest absolute Gasteiger partial charge is 0.457 e. The Kier molecular flexibility index (Phi) is 4.78. The van der Waals surface area contributed by atoms with Gasteiger partial charge in [0.1, 0.15) is 11.9 Å². The van der Waals surface area contributed by atoms with Crippen LogP contribution in [0.1, 0.15) is 27.7 Å². The average Bonchev–Trinajstić information content (AvgIpc) is 2.10. The van der Waals surface area contributed by atoms with E-state index < -0.39 is 17.5 Å². The van der Waals surface area contributed by atoms with E-state index in [2.05, 4.69) is 11.3 Å². The number of carbonyl (C=O) groups excluding carboxylic acids is 2. The molecule has 4 heteroatoms. The lowest BCUT2D eigenvalue weighted by atomic mass is 10.2. The molecule has 0 saturated heterocycles. The Labute approximate surface area is 89.6 Å². The van der Waals surface area contributed by atoms with Crippen LogP contribution < -0.4 is 0 Å². The molecular weight excluding hydrogens is 196 g/mol. The van der Waals surface area contributed by atoms with E-state index in [1.807, 2.05) is 0 Å². The molecule has 0 unspecified atom stereocenters. The summed E-state index contributed by atoms with van der Waals surface area (Å²) in [4.78, 5) is 22.0. The van der Waals surface area contributed by atoms with Gasteiger partial charge in [0.15, 0.2) is 0 Å². The average molecular weight is 212 g/mol. The highest BCUT2D eigenvalue weighted by Crippen LogP contribution is 2.10. The molecule has 0 heterocycles. The first-order valence-corrected chi connectivity index (χ1v) is 4.49. The molecule has 4 nitrogen and oxygen atoms in total. The van der Waals surface area contributed by atoms with E-state index in [1.54, 1.807) is 20.8 Å². The van der Waals surface area contributed by atoms with E-state index in [4.69, 9.17) is 4.74 Å². The van der Waals surface area contributed by atoms with Crippen LogP contribution in [-0.2, 0) is 19.1 Å². The molecule has 15 heavy (non-hydrogen) atoms. The Morgan fingerprint density at radius 1 is 1.27 bits per heavy atom. The fourth-order valence-corrected chi connectivity index (χ4v) is 0.601. The molecule has 0 fully saturated rings. The summed E-state index contributed by atoms with van der Waals surface area (Å²) in [7, 11) is 0. The predicted octanol–water partition coefficient (Wildman–Crippen LogP) is 1.96. The summed E-state index contributed by atoms with van der Waals surface area (Å²) in [6.45, 7) is 10.0. The highest BCUT2D eigenvalue weighted by Gasteiger charge is 2.17. The van der Waals surface area contributed by atoms with Crippen molar-refractivity contribution >= 4 is 11.9 Å². The van der Waals surface area contributed by atoms with E-state index in [0.717, 1.165) is 12.3 Å². The monoisotopic (exact) mass is 212 g/mol. The summed E-state index contributed by atoms with van der Waals surface area (Å²) in [6, 6.07) is 0. The molecule has 0 bridgehead atoms. The molecule has 0 radical (unpaired) electrons. The maximum absolute atomic E-state index is 11.4. The lowest BCUT2D eigenvalue weighted by Crippen LogP contribution is -2.24. The second-order valence-corrected chi connectivity index (χ2v) is 3.94. The number of carbonyl (C=O) groups is 2. The molecule has 0 atom stereocenters. The summed E-state index contributed by atoms with van der Waals surface area (Å²) in [5.41, 5.74) is -0.339. The van der Waals surface area contributed by atoms with Crippen molar-refractivity contribution in [2.75, 3.05) is 0 Å². The SMILES string of the molecule is C=CC(=O)O/C=C(\C)C(=O)OC(C)(C)C. The Balaban J connectivity index is 4.32. The highest BCUT2D eigenvalue weighted by molar-refractivity contribution is 5.88. The van der Waals surface area contributed by atoms with Crippen molar-refractivity contribution < 1.29 is 19.1 Å². The summed E-state index contributed by atoms with van der Waals surface area (Å²) in [6.07, 6.45) is 2.07. The number of esters is 2. The van der Waals surface area contributed by atoms with Gasteiger partial charge in [0, 0.05) is 6.08 Å². The first kappa shape index (κ1) is 13.4. The molecule has 0 amide bonds. The Morgan fingerprint density at radius 3 is 2.20 bits per heavy atom. The van der Waals surface area contributed by atoms with Gasteiger partial charge in [0.05, 0.1) is 5.57 Å². The second-order valence-electron chi connectivity index (χ2n) is 3.94. The zero-order valence-corrected chi connectivity index (χ0v) is 9.49. The van der Waals surface area contributed by atoms with E-state index in [-0.39, 0.29) is 5.57 Å². The molecule has 0 spiro atoms. The minimum absolute atomic E-state index is 0.222. The molecular formula is C11H16O4. The van der Waals surface area contributed by atoms with Crippen LogP contribution in [0.2, 0.25) is 0 Å². The van der Waals surface area contributed by atoms with E-state index in [0.29, 0.717) is 0 Å². The van der Waals surface area contributed by atoms with Crippen molar-refractivity contribution in [1.82, 2.24) is 0 Å². The number of rotatable bonds is 3. The first-order chi connectivity index (χ1) is 6.76. The molecule has 0 aromatic heterocycles. The van der Waals surface area contributed by atoms with Crippen LogP contribution in [0.4, 0.5) is 0 Å².